The number of aliphatic hydroxyl groups excluding tert-OH is 1. The highest BCUT2D eigenvalue weighted by atomic mass is 16.6. The van der Waals surface area contributed by atoms with E-state index in [1.165, 1.54) is 44.9 Å². The van der Waals surface area contributed by atoms with Crippen LogP contribution in [0, 0.1) is 56.5 Å². The molecule has 31 heavy (non-hydrogen) atoms. The Kier molecular flexibility index (Phi) is 6.35. The van der Waals surface area contributed by atoms with E-state index in [9.17, 15) is 15.2 Å². The van der Waals surface area contributed by atoms with E-state index in [1.807, 2.05) is 6.08 Å². The summed E-state index contributed by atoms with van der Waals surface area (Å²) in [6.45, 7) is 12.0. The molecule has 4 aliphatic carbocycles. The van der Waals surface area contributed by atoms with E-state index in [0.29, 0.717) is 29.6 Å². The first-order chi connectivity index (χ1) is 14.6. The van der Waals surface area contributed by atoms with Crippen molar-refractivity contribution in [2.45, 2.75) is 111 Å². The maximum atomic E-state index is 12.1. The molecule has 0 spiro atoms. The van der Waals surface area contributed by atoms with Gasteiger partial charge in [0, 0.05) is 16.9 Å². The van der Waals surface area contributed by atoms with Gasteiger partial charge in [0.1, 0.15) is 0 Å². The summed E-state index contributed by atoms with van der Waals surface area (Å²) in [5, 5.41) is 22.4. The molecule has 3 saturated carbocycles. The minimum absolute atomic E-state index is 0.0364. The van der Waals surface area contributed by atoms with Crippen molar-refractivity contribution in [1.29, 1.82) is 0 Å². The lowest BCUT2D eigenvalue weighted by atomic mass is 9.45. The van der Waals surface area contributed by atoms with Crippen LogP contribution < -0.4 is 0 Å². The van der Waals surface area contributed by atoms with Gasteiger partial charge in [-0.25, -0.2) is 0 Å². The molecule has 0 aromatic rings. The highest BCUT2D eigenvalue weighted by Gasteiger charge is 2.62. The van der Waals surface area contributed by atoms with Crippen molar-refractivity contribution < 1.29 is 10.0 Å². The van der Waals surface area contributed by atoms with Crippen molar-refractivity contribution in [3.8, 4) is 0 Å². The van der Waals surface area contributed by atoms with Gasteiger partial charge in [-0.3, -0.25) is 10.1 Å². The summed E-state index contributed by atoms with van der Waals surface area (Å²) < 4.78 is 0. The lowest BCUT2D eigenvalue weighted by molar-refractivity contribution is -0.521. The second-order valence-corrected chi connectivity index (χ2v) is 12.6. The van der Waals surface area contributed by atoms with Crippen LogP contribution in [0.3, 0.4) is 0 Å². The largest absolute Gasteiger partial charge is 0.389 e. The molecule has 9 atom stereocenters. The first-order valence-electron chi connectivity index (χ1n) is 13.1. The van der Waals surface area contributed by atoms with Gasteiger partial charge in [-0.05, 0) is 90.9 Å². The summed E-state index contributed by atoms with van der Waals surface area (Å²) in [5.74, 6) is 3.98. The van der Waals surface area contributed by atoms with Gasteiger partial charge in [0.2, 0.25) is 6.04 Å². The minimum Gasteiger partial charge on any atom is -0.389 e. The fourth-order valence-corrected chi connectivity index (χ4v) is 8.98. The van der Waals surface area contributed by atoms with Gasteiger partial charge >= 0.3 is 0 Å². The highest BCUT2D eigenvalue weighted by molar-refractivity contribution is 5.29. The predicted molar refractivity (Wildman–Crippen MR) is 125 cm³/mol. The van der Waals surface area contributed by atoms with E-state index < -0.39 is 12.1 Å². The maximum absolute atomic E-state index is 12.1. The molecular weight excluding hydrogens is 386 g/mol. The second-order valence-electron chi connectivity index (χ2n) is 12.6. The van der Waals surface area contributed by atoms with Crippen LogP contribution >= 0.6 is 0 Å². The van der Waals surface area contributed by atoms with Crippen LogP contribution in [0.2, 0.25) is 0 Å². The van der Waals surface area contributed by atoms with Crippen molar-refractivity contribution in [3.05, 3.63) is 21.8 Å². The van der Waals surface area contributed by atoms with Crippen molar-refractivity contribution in [3.63, 3.8) is 0 Å². The molecule has 3 fully saturated rings. The van der Waals surface area contributed by atoms with Gasteiger partial charge in [0.15, 0.2) is 0 Å². The fourth-order valence-electron chi connectivity index (χ4n) is 8.98. The van der Waals surface area contributed by atoms with Crippen molar-refractivity contribution >= 4 is 0 Å². The zero-order chi connectivity index (χ0) is 22.6. The molecule has 0 aliphatic heterocycles. The number of nitrogens with zero attached hydrogens (tertiary/aromatic N) is 1. The summed E-state index contributed by atoms with van der Waals surface area (Å²) in [7, 11) is 0. The summed E-state index contributed by atoms with van der Waals surface area (Å²) >= 11 is 0. The van der Waals surface area contributed by atoms with Gasteiger partial charge in [0.05, 0.1) is 6.10 Å². The molecule has 4 rings (SSSR count). The van der Waals surface area contributed by atoms with Crippen LogP contribution in [0.1, 0.15) is 98.8 Å². The smallest absolute Gasteiger partial charge is 0.235 e. The van der Waals surface area contributed by atoms with Crippen molar-refractivity contribution in [2.75, 3.05) is 0 Å². The standard InChI is InChI=1S/C27H45NO3/c1-17(2)7-6-8-18(3)21-9-10-22-20-16-25(28(30)31)24-15-19(29)11-13-27(24,5)23(20)12-14-26(21,22)4/h15,17-23,25,29H,6-14,16H2,1-5H3/t18-,19+,20-,21+,22-,23-,25-,26+,27+/m0/s1. The van der Waals surface area contributed by atoms with E-state index in [-0.39, 0.29) is 10.3 Å². The number of hydrogen-bond acceptors (Lipinski definition) is 3. The van der Waals surface area contributed by atoms with E-state index in [2.05, 4.69) is 34.6 Å². The molecule has 4 heteroatoms. The molecule has 0 heterocycles. The maximum Gasteiger partial charge on any atom is 0.235 e. The Hall–Kier alpha value is -0.900. The third-order valence-electron chi connectivity index (χ3n) is 10.6. The van der Waals surface area contributed by atoms with Gasteiger partial charge in [-0.15, -0.1) is 0 Å². The SMILES string of the molecule is CC(C)CCC[C@H](C)[C@H]1CC[C@H]2[C@@H]3C[C@H]([N+](=O)[O-])C4=C[C@H](O)CC[C@]4(C)[C@H]3CC[C@]12C. The number of hydrogen-bond donors (Lipinski definition) is 1. The number of rotatable bonds is 6. The predicted octanol–water partition coefficient (Wildman–Crippen LogP) is 6.64. The Morgan fingerprint density at radius 2 is 1.84 bits per heavy atom. The van der Waals surface area contributed by atoms with Crippen molar-refractivity contribution in [2.24, 2.45) is 46.3 Å². The van der Waals surface area contributed by atoms with E-state index in [0.717, 1.165) is 36.2 Å². The molecule has 0 bridgehead atoms. The number of fused-ring (bicyclic) bond motifs is 5. The molecule has 176 valence electrons. The zero-order valence-electron chi connectivity index (χ0n) is 20.5. The van der Waals surface area contributed by atoms with E-state index in [1.54, 1.807) is 0 Å². The average molecular weight is 432 g/mol. The topological polar surface area (TPSA) is 63.4 Å². The molecule has 0 aromatic heterocycles. The fraction of sp³-hybridized carbons (Fsp3) is 0.926. The quantitative estimate of drug-likeness (QED) is 0.291. The molecule has 4 aliphatic rings. The van der Waals surface area contributed by atoms with Gasteiger partial charge < -0.3 is 5.11 Å². The first kappa shape index (κ1) is 23.3. The van der Waals surface area contributed by atoms with E-state index >= 15 is 0 Å². The summed E-state index contributed by atoms with van der Waals surface area (Å²) in [5.41, 5.74) is 1.21. The lowest BCUT2D eigenvalue weighted by Crippen LogP contribution is -2.55. The molecule has 0 radical (unpaired) electrons. The Morgan fingerprint density at radius 1 is 1.10 bits per heavy atom. The summed E-state index contributed by atoms with van der Waals surface area (Å²) in [6.07, 6.45) is 12.8. The molecular formula is C27H45NO3. The molecule has 0 aromatic carbocycles. The van der Waals surface area contributed by atoms with Gasteiger partial charge in [-0.1, -0.05) is 53.9 Å². The molecule has 1 N–H and O–H groups in total. The summed E-state index contributed by atoms with van der Waals surface area (Å²) in [6, 6.07) is -0.592. The second kappa shape index (κ2) is 8.47. The van der Waals surface area contributed by atoms with Crippen LogP contribution in [0.4, 0.5) is 0 Å². The average Bonchev–Trinajstić information content (AvgIpc) is 3.05. The van der Waals surface area contributed by atoms with E-state index in [4.69, 9.17) is 0 Å². The zero-order valence-corrected chi connectivity index (χ0v) is 20.5. The van der Waals surface area contributed by atoms with Crippen LogP contribution in [0.15, 0.2) is 11.6 Å². The van der Waals surface area contributed by atoms with Crippen molar-refractivity contribution in [1.82, 2.24) is 0 Å². The lowest BCUT2D eigenvalue weighted by Gasteiger charge is -2.59. The molecule has 4 nitrogen and oxygen atoms in total. The van der Waals surface area contributed by atoms with Crippen LogP contribution in [-0.2, 0) is 0 Å². The first-order valence-corrected chi connectivity index (χ1v) is 13.1. The Balaban J connectivity index is 1.57. The van der Waals surface area contributed by atoms with Gasteiger partial charge in [-0.2, -0.15) is 0 Å². The summed E-state index contributed by atoms with van der Waals surface area (Å²) in [4.78, 5) is 12.1. The highest BCUT2D eigenvalue weighted by Crippen LogP contribution is 2.68. The minimum atomic E-state index is -0.592. The number of aliphatic hydroxyl groups is 1. The van der Waals surface area contributed by atoms with Crippen LogP contribution in [-0.4, -0.2) is 22.2 Å². The van der Waals surface area contributed by atoms with Crippen LogP contribution in [0.5, 0.6) is 0 Å². The van der Waals surface area contributed by atoms with Gasteiger partial charge in [0.25, 0.3) is 0 Å². The third kappa shape index (κ3) is 3.89. The monoisotopic (exact) mass is 431 g/mol. The third-order valence-corrected chi connectivity index (χ3v) is 10.6. The molecule has 0 amide bonds. The van der Waals surface area contributed by atoms with Crippen LogP contribution in [0.25, 0.3) is 0 Å². The Morgan fingerprint density at radius 3 is 2.52 bits per heavy atom. The molecule has 0 unspecified atom stereocenters. The number of nitro groups is 1. The Labute approximate surface area is 189 Å². The normalized spacial score (nSPS) is 45.5. The molecule has 0 saturated heterocycles. The Bertz CT molecular complexity index is 717.